The molecule has 0 heterocycles. The predicted octanol–water partition coefficient (Wildman–Crippen LogP) is 1.75. The first-order valence-electron chi connectivity index (χ1n) is 5.47. The summed E-state index contributed by atoms with van der Waals surface area (Å²) in [5.74, 6) is 1.32. The van der Waals surface area contributed by atoms with Crippen LogP contribution in [0.25, 0.3) is 0 Å². The van der Waals surface area contributed by atoms with E-state index in [1.54, 1.807) is 6.92 Å². The van der Waals surface area contributed by atoms with Crippen molar-refractivity contribution in [3.05, 3.63) is 0 Å². The van der Waals surface area contributed by atoms with Gasteiger partial charge in [-0.05, 0) is 31.4 Å². The van der Waals surface area contributed by atoms with Crippen LogP contribution in [0.3, 0.4) is 0 Å². The van der Waals surface area contributed by atoms with Crippen LogP contribution in [0.5, 0.6) is 0 Å². The van der Waals surface area contributed by atoms with Crippen molar-refractivity contribution in [1.82, 2.24) is 0 Å². The first-order valence-corrected chi connectivity index (χ1v) is 6.52. The highest BCUT2D eigenvalue weighted by Crippen LogP contribution is 2.21. The van der Waals surface area contributed by atoms with E-state index in [9.17, 15) is 4.79 Å². The summed E-state index contributed by atoms with van der Waals surface area (Å²) >= 11 is 1.93. The first-order chi connectivity index (χ1) is 6.77. The third kappa shape index (κ3) is 6.05. The molecule has 0 aromatic heterocycles. The van der Waals surface area contributed by atoms with E-state index in [4.69, 9.17) is 11.5 Å². The van der Waals surface area contributed by atoms with Crippen molar-refractivity contribution in [1.29, 1.82) is 0 Å². The molecule has 0 aromatic rings. The van der Waals surface area contributed by atoms with Gasteiger partial charge in [-0.2, -0.15) is 11.8 Å². The largest absolute Gasteiger partial charge is 0.368 e. The van der Waals surface area contributed by atoms with E-state index in [0.29, 0.717) is 17.6 Å². The van der Waals surface area contributed by atoms with Crippen LogP contribution < -0.4 is 11.5 Å². The van der Waals surface area contributed by atoms with E-state index in [-0.39, 0.29) is 0 Å². The van der Waals surface area contributed by atoms with Gasteiger partial charge < -0.3 is 11.5 Å². The predicted molar refractivity (Wildman–Crippen MR) is 67.8 cm³/mol. The third-order valence-corrected chi connectivity index (χ3v) is 4.32. The molecule has 15 heavy (non-hydrogen) atoms. The zero-order valence-corrected chi connectivity index (χ0v) is 11.1. The minimum absolute atomic E-state index is 0.413. The highest BCUT2D eigenvalue weighted by molar-refractivity contribution is 7.99. The SMILES string of the molecule is CC(C)C(C)SCCCC(C)(N)C(N)=O. The molecule has 0 aromatic carbocycles. The maximum absolute atomic E-state index is 10.9. The number of rotatable bonds is 7. The molecule has 0 rings (SSSR count). The Labute approximate surface area is 97.4 Å². The van der Waals surface area contributed by atoms with Crippen molar-refractivity contribution in [2.45, 2.75) is 51.3 Å². The summed E-state index contributed by atoms with van der Waals surface area (Å²) in [6.07, 6.45) is 1.61. The molecule has 4 heteroatoms. The van der Waals surface area contributed by atoms with Crippen molar-refractivity contribution in [3.8, 4) is 0 Å². The number of carbonyl (C=O) groups is 1. The Morgan fingerprint density at radius 3 is 2.33 bits per heavy atom. The van der Waals surface area contributed by atoms with Crippen LogP contribution in [0.1, 0.15) is 40.5 Å². The number of primary amides is 1. The van der Waals surface area contributed by atoms with Crippen LogP contribution in [0.15, 0.2) is 0 Å². The Hall–Kier alpha value is -0.220. The van der Waals surface area contributed by atoms with Crippen LogP contribution in [0.2, 0.25) is 0 Å². The number of nitrogens with two attached hydrogens (primary N) is 2. The third-order valence-electron chi connectivity index (χ3n) is 2.72. The molecule has 2 unspecified atom stereocenters. The van der Waals surface area contributed by atoms with Gasteiger partial charge in [0.2, 0.25) is 5.91 Å². The molecule has 3 nitrogen and oxygen atoms in total. The topological polar surface area (TPSA) is 69.1 Å². The normalized spacial score (nSPS) is 17.5. The summed E-state index contributed by atoms with van der Waals surface area (Å²) in [6.45, 7) is 8.36. The molecule has 2 atom stereocenters. The van der Waals surface area contributed by atoms with Crippen molar-refractivity contribution in [2.24, 2.45) is 17.4 Å². The molecule has 0 aliphatic rings. The fourth-order valence-electron chi connectivity index (χ4n) is 1.02. The molecule has 90 valence electrons. The van der Waals surface area contributed by atoms with Gasteiger partial charge in [0.15, 0.2) is 0 Å². The zero-order valence-electron chi connectivity index (χ0n) is 10.2. The monoisotopic (exact) mass is 232 g/mol. The average molecular weight is 232 g/mol. The van der Waals surface area contributed by atoms with E-state index < -0.39 is 11.4 Å². The van der Waals surface area contributed by atoms with E-state index in [1.165, 1.54) is 0 Å². The lowest BCUT2D eigenvalue weighted by Gasteiger charge is -2.21. The Morgan fingerprint density at radius 2 is 1.93 bits per heavy atom. The molecule has 0 radical (unpaired) electrons. The molecule has 0 aliphatic carbocycles. The standard InChI is InChI=1S/C11H24N2OS/c1-8(2)9(3)15-7-5-6-11(4,13)10(12)14/h8-9H,5-7,13H2,1-4H3,(H2,12,14). The summed E-state index contributed by atoms with van der Waals surface area (Å²) in [5, 5.41) is 0.655. The lowest BCUT2D eigenvalue weighted by molar-refractivity contribution is -0.122. The molecular formula is C11H24N2OS. The highest BCUT2D eigenvalue weighted by Gasteiger charge is 2.24. The van der Waals surface area contributed by atoms with Crippen molar-refractivity contribution < 1.29 is 4.79 Å². The van der Waals surface area contributed by atoms with Gasteiger partial charge in [-0.15, -0.1) is 0 Å². The second-order valence-electron chi connectivity index (χ2n) is 4.71. The lowest BCUT2D eigenvalue weighted by atomic mass is 9.97. The van der Waals surface area contributed by atoms with Gasteiger partial charge in [0.25, 0.3) is 0 Å². The minimum Gasteiger partial charge on any atom is -0.368 e. The van der Waals surface area contributed by atoms with E-state index in [2.05, 4.69) is 20.8 Å². The molecule has 0 bridgehead atoms. The van der Waals surface area contributed by atoms with Gasteiger partial charge in [0, 0.05) is 5.25 Å². The van der Waals surface area contributed by atoms with Crippen molar-refractivity contribution in [3.63, 3.8) is 0 Å². The number of carbonyl (C=O) groups excluding carboxylic acids is 1. The quantitative estimate of drug-likeness (QED) is 0.657. The Bertz CT molecular complexity index is 205. The second kappa shape index (κ2) is 6.38. The van der Waals surface area contributed by atoms with Gasteiger partial charge in [0.05, 0.1) is 5.54 Å². The van der Waals surface area contributed by atoms with Gasteiger partial charge in [-0.25, -0.2) is 0 Å². The van der Waals surface area contributed by atoms with E-state index in [0.717, 1.165) is 12.2 Å². The summed E-state index contributed by atoms with van der Waals surface area (Å²) in [6, 6.07) is 0. The highest BCUT2D eigenvalue weighted by atomic mass is 32.2. The molecule has 4 N–H and O–H groups in total. The lowest BCUT2D eigenvalue weighted by Crippen LogP contribution is -2.49. The smallest absolute Gasteiger partial charge is 0.237 e. The molecule has 0 fully saturated rings. The summed E-state index contributed by atoms with van der Waals surface area (Å²) in [4.78, 5) is 10.9. The molecule has 0 saturated carbocycles. The van der Waals surface area contributed by atoms with Gasteiger partial charge >= 0.3 is 0 Å². The molecule has 0 aliphatic heterocycles. The molecular weight excluding hydrogens is 208 g/mol. The number of amides is 1. The number of hydrogen-bond donors (Lipinski definition) is 2. The Balaban J connectivity index is 3.68. The maximum atomic E-state index is 10.9. The molecule has 1 amide bonds. The Kier molecular flexibility index (Phi) is 6.29. The van der Waals surface area contributed by atoms with Crippen LogP contribution >= 0.6 is 11.8 Å². The maximum Gasteiger partial charge on any atom is 0.237 e. The van der Waals surface area contributed by atoms with Crippen LogP contribution in [-0.4, -0.2) is 22.4 Å². The fourth-order valence-corrected chi connectivity index (χ4v) is 2.09. The summed E-state index contributed by atoms with van der Waals surface area (Å²) in [5.41, 5.74) is 10.1. The zero-order chi connectivity index (χ0) is 12.1. The Morgan fingerprint density at radius 1 is 1.40 bits per heavy atom. The fraction of sp³-hybridized carbons (Fsp3) is 0.909. The van der Waals surface area contributed by atoms with Crippen molar-refractivity contribution in [2.75, 3.05) is 5.75 Å². The molecule has 0 saturated heterocycles. The number of thioether (sulfide) groups is 1. The average Bonchev–Trinajstić information content (AvgIpc) is 2.11. The van der Waals surface area contributed by atoms with E-state index in [1.807, 2.05) is 11.8 Å². The number of hydrogen-bond acceptors (Lipinski definition) is 3. The van der Waals surface area contributed by atoms with Crippen LogP contribution in [-0.2, 0) is 4.79 Å². The van der Waals surface area contributed by atoms with Crippen LogP contribution in [0.4, 0.5) is 0 Å². The summed E-state index contributed by atoms with van der Waals surface area (Å²) in [7, 11) is 0. The minimum atomic E-state index is -0.846. The van der Waals surface area contributed by atoms with Crippen LogP contribution in [0, 0.1) is 5.92 Å². The first kappa shape index (κ1) is 14.8. The molecule has 0 spiro atoms. The summed E-state index contributed by atoms with van der Waals surface area (Å²) < 4.78 is 0. The second-order valence-corrected chi connectivity index (χ2v) is 6.19. The van der Waals surface area contributed by atoms with Gasteiger partial charge in [-0.3, -0.25) is 4.79 Å². The van der Waals surface area contributed by atoms with Gasteiger partial charge in [0.1, 0.15) is 0 Å². The van der Waals surface area contributed by atoms with Crippen molar-refractivity contribution >= 4 is 17.7 Å². The van der Waals surface area contributed by atoms with Gasteiger partial charge in [-0.1, -0.05) is 20.8 Å². The van der Waals surface area contributed by atoms with E-state index >= 15 is 0 Å².